The molecule has 24 heavy (non-hydrogen) atoms. The number of aryl methyl sites for hydroxylation is 1. The molecule has 0 spiro atoms. The van der Waals surface area contributed by atoms with Crippen molar-refractivity contribution in [3.05, 3.63) is 82.0 Å². The van der Waals surface area contributed by atoms with Crippen LogP contribution in [0.2, 0.25) is 0 Å². The zero-order chi connectivity index (χ0) is 16.9. The van der Waals surface area contributed by atoms with E-state index in [1.54, 1.807) is 0 Å². The Kier molecular flexibility index (Phi) is 5.11. The molecule has 0 radical (unpaired) electrons. The molecule has 0 bridgehead atoms. The Bertz CT molecular complexity index is 826. The van der Waals surface area contributed by atoms with Crippen LogP contribution in [0.4, 0.5) is 5.82 Å². The molecular weight excluding hydrogens is 366 g/mol. The summed E-state index contributed by atoms with van der Waals surface area (Å²) >= 11 is 3.46. The third kappa shape index (κ3) is 4.32. The van der Waals surface area contributed by atoms with Gasteiger partial charge in [-0.2, -0.15) is 5.10 Å². The lowest BCUT2D eigenvalue weighted by Gasteiger charge is -2.04. The second kappa shape index (κ2) is 7.45. The first-order valence-electron chi connectivity index (χ1n) is 7.72. The highest BCUT2D eigenvalue weighted by Crippen LogP contribution is 2.21. The summed E-state index contributed by atoms with van der Waals surface area (Å²) in [6.07, 6.45) is 2.20. The van der Waals surface area contributed by atoms with Gasteiger partial charge in [-0.25, -0.2) is 0 Å². The van der Waals surface area contributed by atoms with E-state index in [1.807, 2.05) is 41.2 Å². The first-order chi connectivity index (χ1) is 11.6. The lowest BCUT2D eigenvalue weighted by atomic mass is 10.1. The van der Waals surface area contributed by atoms with Crippen LogP contribution in [0.15, 0.2) is 65.3 Å². The number of amides is 1. The standard InChI is InChI=1S/C19H18BrN3O/c1-14-7-9-16(10-8-14)12-23-13-17(20)19(22-23)21-18(24)11-15-5-3-2-4-6-15/h2-10,13H,11-12H2,1H3,(H,21,22,24). The molecule has 0 fully saturated rings. The molecule has 3 aromatic rings. The van der Waals surface area contributed by atoms with Crippen molar-refractivity contribution in [3.63, 3.8) is 0 Å². The Hall–Kier alpha value is -2.40. The molecule has 122 valence electrons. The fourth-order valence-corrected chi connectivity index (χ4v) is 2.82. The molecule has 1 heterocycles. The van der Waals surface area contributed by atoms with E-state index >= 15 is 0 Å². The Morgan fingerprint density at radius 1 is 1.08 bits per heavy atom. The molecule has 0 aliphatic rings. The van der Waals surface area contributed by atoms with Gasteiger partial charge in [-0.1, -0.05) is 60.2 Å². The Morgan fingerprint density at radius 2 is 1.79 bits per heavy atom. The Balaban J connectivity index is 1.65. The van der Waals surface area contributed by atoms with Crippen LogP contribution < -0.4 is 5.32 Å². The summed E-state index contributed by atoms with van der Waals surface area (Å²) < 4.78 is 2.59. The van der Waals surface area contributed by atoms with Crippen molar-refractivity contribution in [2.24, 2.45) is 0 Å². The number of rotatable bonds is 5. The second-order valence-corrected chi connectivity index (χ2v) is 6.57. The molecule has 2 aromatic carbocycles. The lowest BCUT2D eigenvalue weighted by Crippen LogP contribution is -2.15. The minimum atomic E-state index is -0.0810. The van der Waals surface area contributed by atoms with Crippen LogP contribution in [-0.2, 0) is 17.8 Å². The van der Waals surface area contributed by atoms with Crippen LogP contribution in [0.5, 0.6) is 0 Å². The van der Waals surface area contributed by atoms with Gasteiger partial charge in [-0.05, 0) is 34.0 Å². The van der Waals surface area contributed by atoms with Gasteiger partial charge in [0.15, 0.2) is 5.82 Å². The van der Waals surface area contributed by atoms with Crippen molar-refractivity contribution in [1.29, 1.82) is 0 Å². The summed E-state index contributed by atoms with van der Waals surface area (Å²) in [5.74, 6) is 0.463. The van der Waals surface area contributed by atoms with E-state index in [4.69, 9.17) is 0 Å². The Labute approximate surface area is 149 Å². The second-order valence-electron chi connectivity index (χ2n) is 5.72. The minimum absolute atomic E-state index is 0.0810. The number of nitrogens with zero attached hydrogens (tertiary/aromatic N) is 2. The van der Waals surface area contributed by atoms with Crippen LogP contribution in [-0.4, -0.2) is 15.7 Å². The summed E-state index contributed by atoms with van der Waals surface area (Å²) in [6, 6.07) is 18.0. The first-order valence-corrected chi connectivity index (χ1v) is 8.52. The quantitative estimate of drug-likeness (QED) is 0.717. The van der Waals surface area contributed by atoms with Crippen LogP contribution in [0, 0.1) is 6.92 Å². The van der Waals surface area contributed by atoms with Crippen molar-refractivity contribution in [3.8, 4) is 0 Å². The lowest BCUT2D eigenvalue weighted by molar-refractivity contribution is -0.115. The van der Waals surface area contributed by atoms with E-state index in [-0.39, 0.29) is 5.91 Å². The molecule has 0 aliphatic heterocycles. The monoisotopic (exact) mass is 383 g/mol. The van der Waals surface area contributed by atoms with Crippen LogP contribution in [0.25, 0.3) is 0 Å². The predicted octanol–water partition coefficient (Wildman–Crippen LogP) is 4.18. The number of hydrogen-bond acceptors (Lipinski definition) is 2. The van der Waals surface area contributed by atoms with Crippen molar-refractivity contribution in [2.45, 2.75) is 19.9 Å². The zero-order valence-electron chi connectivity index (χ0n) is 13.4. The largest absolute Gasteiger partial charge is 0.308 e. The summed E-state index contributed by atoms with van der Waals surface area (Å²) in [5, 5.41) is 7.30. The number of carbonyl (C=O) groups is 1. The normalized spacial score (nSPS) is 10.6. The van der Waals surface area contributed by atoms with Crippen molar-refractivity contribution in [1.82, 2.24) is 9.78 Å². The van der Waals surface area contributed by atoms with Crippen LogP contribution in [0.1, 0.15) is 16.7 Å². The number of benzene rings is 2. The fraction of sp³-hybridized carbons (Fsp3) is 0.158. The molecule has 5 heteroatoms. The summed E-state index contributed by atoms with van der Waals surface area (Å²) in [5.41, 5.74) is 3.37. The average molecular weight is 384 g/mol. The van der Waals surface area contributed by atoms with E-state index in [1.165, 1.54) is 5.56 Å². The number of hydrogen-bond donors (Lipinski definition) is 1. The predicted molar refractivity (Wildman–Crippen MR) is 99.0 cm³/mol. The summed E-state index contributed by atoms with van der Waals surface area (Å²) in [7, 11) is 0. The highest BCUT2D eigenvalue weighted by molar-refractivity contribution is 9.10. The number of aromatic nitrogens is 2. The van der Waals surface area contributed by atoms with Crippen molar-refractivity contribution < 1.29 is 4.79 Å². The van der Waals surface area contributed by atoms with E-state index in [0.717, 1.165) is 15.6 Å². The average Bonchev–Trinajstić information content (AvgIpc) is 2.90. The fourth-order valence-electron chi connectivity index (χ4n) is 2.40. The third-order valence-electron chi connectivity index (χ3n) is 3.65. The van der Waals surface area contributed by atoms with Gasteiger partial charge in [-0.15, -0.1) is 0 Å². The number of halogens is 1. The van der Waals surface area contributed by atoms with Gasteiger partial charge in [0.05, 0.1) is 17.4 Å². The van der Waals surface area contributed by atoms with E-state index in [9.17, 15) is 4.79 Å². The van der Waals surface area contributed by atoms with Gasteiger partial charge in [0, 0.05) is 6.20 Å². The molecule has 1 N–H and O–H groups in total. The molecule has 1 aromatic heterocycles. The number of anilines is 1. The van der Waals surface area contributed by atoms with Gasteiger partial charge in [-0.3, -0.25) is 9.48 Å². The smallest absolute Gasteiger partial charge is 0.230 e. The van der Waals surface area contributed by atoms with Gasteiger partial charge in [0.2, 0.25) is 5.91 Å². The topological polar surface area (TPSA) is 46.9 Å². The molecule has 3 rings (SSSR count). The van der Waals surface area contributed by atoms with Gasteiger partial charge < -0.3 is 5.32 Å². The SMILES string of the molecule is Cc1ccc(Cn2cc(Br)c(NC(=O)Cc3ccccc3)n2)cc1. The van der Waals surface area contributed by atoms with Crippen molar-refractivity contribution in [2.75, 3.05) is 5.32 Å². The molecule has 0 aliphatic carbocycles. The highest BCUT2D eigenvalue weighted by atomic mass is 79.9. The van der Waals surface area contributed by atoms with Gasteiger partial charge in [0.1, 0.15) is 0 Å². The molecule has 0 saturated carbocycles. The molecule has 0 unspecified atom stereocenters. The van der Waals surface area contributed by atoms with Crippen LogP contribution >= 0.6 is 15.9 Å². The first kappa shape index (κ1) is 16.5. The zero-order valence-corrected chi connectivity index (χ0v) is 15.0. The maximum absolute atomic E-state index is 12.2. The maximum atomic E-state index is 12.2. The number of nitrogens with one attached hydrogen (secondary N) is 1. The molecular formula is C19H18BrN3O. The maximum Gasteiger partial charge on any atom is 0.230 e. The van der Waals surface area contributed by atoms with Crippen LogP contribution in [0.3, 0.4) is 0 Å². The molecule has 0 atom stereocenters. The highest BCUT2D eigenvalue weighted by Gasteiger charge is 2.11. The number of carbonyl (C=O) groups excluding carboxylic acids is 1. The molecule has 1 amide bonds. The summed E-state index contributed by atoms with van der Waals surface area (Å²) in [6.45, 7) is 2.72. The van der Waals surface area contributed by atoms with Crippen molar-refractivity contribution >= 4 is 27.7 Å². The minimum Gasteiger partial charge on any atom is -0.308 e. The van der Waals surface area contributed by atoms with Gasteiger partial charge in [0.25, 0.3) is 0 Å². The third-order valence-corrected chi connectivity index (χ3v) is 4.23. The van der Waals surface area contributed by atoms with Gasteiger partial charge >= 0.3 is 0 Å². The molecule has 4 nitrogen and oxygen atoms in total. The van der Waals surface area contributed by atoms with E-state index in [0.29, 0.717) is 18.8 Å². The van der Waals surface area contributed by atoms with E-state index in [2.05, 4.69) is 57.5 Å². The van der Waals surface area contributed by atoms with E-state index < -0.39 is 0 Å². The Morgan fingerprint density at radius 3 is 2.50 bits per heavy atom. The molecule has 0 saturated heterocycles. The summed E-state index contributed by atoms with van der Waals surface area (Å²) in [4.78, 5) is 12.2.